The first-order valence-electron chi connectivity index (χ1n) is 7.37. The van der Waals surface area contributed by atoms with E-state index < -0.39 is 0 Å². The van der Waals surface area contributed by atoms with Gasteiger partial charge in [-0.1, -0.05) is 48.5 Å². The first-order valence-corrected chi connectivity index (χ1v) is 9.55. The highest BCUT2D eigenvalue weighted by molar-refractivity contribution is 8.01. The molecule has 0 spiro atoms. The number of thioether (sulfide) groups is 1. The minimum atomic E-state index is -0.332. The highest BCUT2D eigenvalue weighted by Gasteiger charge is 2.17. The van der Waals surface area contributed by atoms with Crippen molar-refractivity contribution in [1.82, 2.24) is 10.2 Å². The van der Waals surface area contributed by atoms with Gasteiger partial charge < -0.3 is 9.47 Å². The van der Waals surface area contributed by atoms with Crippen molar-refractivity contribution in [1.29, 1.82) is 0 Å². The monoisotopic (exact) mass is 387 g/mol. The van der Waals surface area contributed by atoms with Crippen molar-refractivity contribution in [3.05, 3.63) is 22.7 Å². The maximum Gasteiger partial charge on any atom is 0.257 e. The number of ether oxygens (including phenoxy) is 2. The molecule has 0 saturated carbocycles. The van der Waals surface area contributed by atoms with Crippen LogP contribution in [-0.4, -0.2) is 35.6 Å². The van der Waals surface area contributed by atoms with Crippen molar-refractivity contribution in [3.8, 4) is 11.5 Å². The second-order valence-corrected chi connectivity index (χ2v) is 7.49. The lowest BCUT2D eigenvalue weighted by Gasteiger charge is -2.13. The Balaban J connectivity index is 2.17. The maximum absolute atomic E-state index is 12.4. The molecule has 0 aliphatic carbocycles. The van der Waals surface area contributed by atoms with Gasteiger partial charge in [-0.05, 0) is 24.3 Å². The largest absolute Gasteiger partial charge is 0.493 e. The quantitative estimate of drug-likeness (QED) is 0.536. The SMILES string of the molecule is CCCOc1c(Cl)cc(C(=O)Nc2nnc(SCC)s2)cc1OC. The van der Waals surface area contributed by atoms with E-state index in [1.807, 2.05) is 13.8 Å². The standard InChI is InChI=1S/C15H18ClN3O3S2/c1-4-6-22-12-10(16)7-9(8-11(12)21-3)13(20)17-14-18-19-15(24-14)23-5-2/h7-8H,4-6H2,1-3H3,(H,17,18,20). The molecule has 2 rings (SSSR count). The predicted molar refractivity (Wildman–Crippen MR) is 98.1 cm³/mol. The summed E-state index contributed by atoms with van der Waals surface area (Å²) in [6, 6.07) is 3.14. The van der Waals surface area contributed by atoms with E-state index in [9.17, 15) is 4.79 Å². The summed E-state index contributed by atoms with van der Waals surface area (Å²) in [5.74, 6) is 1.42. The summed E-state index contributed by atoms with van der Waals surface area (Å²) in [6.07, 6.45) is 0.844. The molecule has 6 nitrogen and oxygen atoms in total. The van der Waals surface area contributed by atoms with Gasteiger partial charge in [-0.3, -0.25) is 10.1 Å². The second kappa shape index (κ2) is 9.10. The smallest absolute Gasteiger partial charge is 0.257 e. The Kier molecular flexibility index (Phi) is 7.14. The fourth-order valence-corrected chi connectivity index (χ4v) is 3.72. The molecular weight excluding hydrogens is 370 g/mol. The molecule has 24 heavy (non-hydrogen) atoms. The number of nitrogens with zero attached hydrogens (tertiary/aromatic N) is 2. The molecule has 0 fully saturated rings. The number of hydrogen-bond acceptors (Lipinski definition) is 7. The summed E-state index contributed by atoms with van der Waals surface area (Å²) in [5.41, 5.74) is 0.362. The van der Waals surface area contributed by atoms with Crippen LogP contribution in [0, 0.1) is 0 Å². The molecule has 0 saturated heterocycles. The minimum Gasteiger partial charge on any atom is -0.493 e. The molecule has 1 aromatic heterocycles. The molecule has 1 N–H and O–H groups in total. The van der Waals surface area contributed by atoms with Crippen LogP contribution in [0.25, 0.3) is 0 Å². The van der Waals surface area contributed by atoms with Crippen LogP contribution in [0.1, 0.15) is 30.6 Å². The summed E-state index contributed by atoms with van der Waals surface area (Å²) in [4.78, 5) is 12.4. The van der Waals surface area contributed by atoms with Crippen molar-refractivity contribution in [2.75, 3.05) is 24.8 Å². The number of amides is 1. The molecule has 0 bridgehead atoms. The molecule has 1 heterocycles. The lowest BCUT2D eigenvalue weighted by atomic mass is 10.2. The summed E-state index contributed by atoms with van der Waals surface area (Å²) in [7, 11) is 1.51. The molecule has 9 heteroatoms. The van der Waals surface area contributed by atoms with Crippen LogP contribution in [0.15, 0.2) is 16.5 Å². The van der Waals surface area contributed by atoms with Crippen molar-refractivity contribution >= 4 is 45.7 Å². The Hall–Kier alpha value is -1.51. The molecule has 0 unspecified atom stereocenters. The maximum atomic E-state index is 12.4. The highest BCUT2D eigenvalue weighted by atomic mass is 35.5. The van der Waals surface area contributed by atoms with E-state index in [4.69, 9.17) is 21.1 Å². The molecular formula is C15H18ClN3O3S2. The number of carbonyl (C=O) groups is 1. The fraction of sp³-hybridized carbons (Fsp3) is 0.400. The van der Waals surface area contributed by atoms with Crippen LogP contribution in [0.3, 0.4) is 0 Å². The Morgan fingerprint density at radius 3 is 2.83 bits per heavy atom. The number of nitrogens with one attached hydrogen (secondary N) is 1. The number of halogens is 1. The summed E-state index contributed by atoms with van der Waals surface area (Å²) >= 11 is 9.13. The van der Waals surface area contributed by atoms with E-state index in [0.29, 0.717) is 33.8 Å². The molecule has 2 aromatic rings. The van der Waals surface area contributed by atoms with Gasteiger partial charge in [-0.25, -0.2) is 0 Å². The van der Waals surface area contributed by atoms with Crippen LogP contribution >= 0.6 is 34.7 Å². The van der Waals surface area contributed by atoms with E-state index in [-0.39, 0.29) is 5.91 Å². The zero-order valence-electron chi connectivity index (χ0n) is 13.6. The Morgan fingerprint density at radius 2 is 2.17 bits per heavy atom. The third kappa shape index (κ3) is 4.75. The van der Waals surface area contributed by atoms with E-state index in [1.165, 1.54) is 18.4 Å². The third-order valence-corrected chi connectivity index (χ3v) is 4.97. The van der Waals surface area contributed by atoms with Gasteiger partial charge in [0.1, 0.15) is 0 Å². The van der Waals surface area contributed by atoms with Gasteiger partial charge in [0.05, 0.1) is 18.7 Å². The van der Waals surface area contributed by atoms with Crippen LogP contribution < -0.4 is 14.8 Å². The van der Waals surface area contributed by atoms with Gasteiger partial charge >= 0.3 is 0 Å². The summed E-state index contributed by atoms with van der Waals surface area (Å²) < 4.78 is 11.7. The van der Waals surface area contributed by atoms with Crippen LogP contribution in [0.2, 0.25) is 5.02 Å². The number of hydrogen-bond donors (Lipinski definition) is 1. The molecule has 0 aliphatic rings. The van der Waals surface area contributed by atoms with Crippen LogP contribution in [0.5, 0.6) is 11.5 Å². The van der Waals surface area contributed by atoms with Gasteiger partial charge in [0.25, 0.3) is 5.91 Å². The zero-order chi connectivity index (χ0) is 17.5. The number of benzene rings is 1. The van der Waals surface area contributed by atoms with Gasteiger partial charge in [0.15, 0.2) is 15.8 Å². The third-order valence-electron chi connectivity index (χ3n) is 2.84. The minimum absolute atomic E-state index is 0.326. The highest BCUT2D eigenvalue weighted by Crippen LogP contribution is 2.37. The lowest BCUT2D eigenvalue weighted by molar-refractivity contribution is 0.102. The van der Waals surface area contributed by atoms with Crippen molar-refractivity contribution in [2.24, 2.45) is 0 Å². The number of aromatic nitrogens is 2. The zero-order valence-corrected chi connectivity index (χ0v) is 16.0. The molecule has 1 amide bonds. The summed E-state index contributed by atoms with van der Waals surface area (Å²) in [5, 5.41) is 11.4. The first kappa shape index (κ1) is 18.8. The Labute approximate surface area is 153 Å². The number of anilines is 1. The Morgan fingerprint density at radius 1 is 1.38 bits per heavy atom. The average Bonchev–Trinajstić information content (AvgIpc) is 3.00. The molecule has 1 aromatic carbocycles. The average molecular weight is 388 g/mol. The van der Waals surface area contributed by atoms with Crippen molar-refractivity contribution in [3.63, 3.8) is 0 Å². The van der Waals surface area contributed by atoms with E-state index in [0.717, 1.165) is 16.5 Å². The first-order chi connectivity index (χ1) is 11.6. The van der Waals surface area contributed by atoms with Crippen LogP contribution in [-0.2, 0) is 0 Å². The Bertz CT molecular complexity index is 709. The molecule has 0 atom stereocenters. The van der Waals surface area contributed by atoms with Crippen molar-refractivity contribution < 1.29 is 14.3 Å². The number of methoxy groups -OCH3 is 1. The van der Waals surface area contributed by atoms with Gasteiger partial charge in [-0.15, -0.1) is 10.2 Å². The number of carbonyl (C=O) groups excluding carboxylic acids is 1. The lowest BCUT2D eigenvalue weighted by Crippen LogP contribution is -2.12. The normalized spacial score (nSPS) is 10.5. The van der Waals surface area contributed by atoms with Crippen molar-refractivity contribution in [2.45, 2.75) is 24.6 Å². The van der Waals surface area contributed by atoms with E-state index >= 15 is 0 Å². The fourth-order valence-electron chi connectivity index (χ4n) is 1.81. The molecule has 130 valence electrons. The van der Waals surface area contributed by atoms with Gasteiger partial charge in [0.2, 0.25) is 5.13 Å². The van der Waals surface area contributed by atoms with Crippen LogP contribution in [0.4, 0.5) is 5.13 Å². The topological polar surface area (TPSA) is 73.3 Å². The molecule has 0 radical (unpaired) electrons. The van der Waals surface area contributed by atoms with Gasteiger partial charge in [0, 0.05) is 5.56 Å². The summed E-state index contributed by atoms with van der Waals surface area (Å²) in [6.45, 7) is 4.54. The molecule has 0 aliphatic heterocycles. The second-order valence-electron chi connectivity index (χ2n) is 4.60. The van der Waals surface area contributed by atoms with E-state index in [1.54, 1.807) is 23.9 Å². The van der Waals surface area contributed by atoms with E-state index in [2.05, 4.69) is 15.5 Å². The van der Waals surface area contributed by atoms with Gasteiger partial charge in [-0.2, -0.15) is 0 Å². The number of rotatable bonds is 8. The predicted octanol–water partition coefficient (Wildman–Crippen LogP) is 4.35.